The van der Waals surface area contributed by atoms with Gasteiger partial charge < -0.3 is 11.1 Å². The van der Waals surface area contributed by atoms with Crippen molar-refractivity contribution in [3.63, 3.8) is 0 Å². The molecule has 1 fully saturated rings. The molecule has 0 aliphatic heterocycles. The number of aromatic nitrogens is 2. The van der Waals surface area contributed by atoms with E-state index in [1.807, 2.05) is 24.6 Å². The standard InChI is InChI=1S/C14H24N4O/c1-10(2)18-13(8-9-16-18)17-14(19)11-6-4-3-5-7-12(11)15/h8-12H,3-7,15H2,1-2H3,(H,17,19). The zero-order chi connectivity index (χ0) is 13.8. The molecular formula is C14H24N4O. The van der Waals surface area contributed by atoms with E-state index < -0.39 is 0 Å². The average Bonchev–Trinajstić information content (AvgIpc) is 2.70. The molecule has 1 amide bonds. The first kappa shape index (κ1) is 14.1. The molecule has 5 heteroatoms. The Hall–Kier alpha value is -1.36. The summed E-state index contributed by atoms with van der Waals surface area (Å²) >= 11 is 0. The Morgan fingerprint density at radius 2 is 2.16 bits per heavy atom. The van der Waals surface area contributed by atoms with Gasteiger partial charge in [-0.05, 0) is 26.7 Å². The number of rotatable bonds is 3. The number of carbonyl (C=O) groups is 1. The van der Waals surface area contributed by atoms with Gasteiger partial charge in [-0.2, -0.15) is 5.10 Å². The van der Waals surface area contributed by atoms with Gasteiger partial charge in [0.1, 0.15) is 5.82 Å². The van der Waals surface area contributed by atoms with Crippen LogP contribution in [0.2, 0.25) is 0 Å². The van der Waals surface area contributed by atoms with Gasteiger partial charge in [0, 0.05) is 18.2 Å². The van der Waals surface area contributed by atoms with Crippen LogP contribution in [0.3, 0.4) is 0 Å². The first-order valence-corrected chi connectivity index (χ1v) is 7.19. The molecule has 0 aromatic carbocycles. The van der Waals surface area contributed by atoms with Crippen molar-refractivity contribution in [2.45, 2.75) is 58.0 Å². The van der Waals surface area contributed by atoms with E-state index >= 15 is 0 Å². The van der Waals surface area contributed by atoms with Crippen molar-refractivity contribution in [2.75, 3.05) is 5.32 Å². The summed E-state index contributed by atoms with van der Waals surface area (Å²) in [6, 6.07) is 2.05. The van der Waals surface area contributed by atoms with Crippen LogP contribution in [0.4, 0.5) is 5.82 Å². The number of anilines is 1. The molecule has 106 valence electrons. The smallest absolute Gasteiger partial charge is 0.230 e. The third-order valence-electron chi connectivity index (χ3n) is 3.82. The maximum Gasteiger partial charge on any atom is 0.230 e. The fraction of sp³-hybridized carbons (Fsp3) is 0.714. The summed E-state index contributed by atoms with van der Waals surface area (Å²) in [5.41, 5.74) is 6.12. The molecular weight excluding hydrogens is 240 g/mol. The SMILES string of the molecule is CC(C)n1nccc1NC(=O)C1CCCCCC1N. The summed E-state index contributed by atoms with van der Waals surface area (Å²) in [5.74, 6) is 0.728. The van der Waals surface area contributed by atoms with Crippen molar-refractivity contribution in [3.05, 3.63) is 12.3 Å². The quantitative estimate of drug-likeness (QED) is 0.823. The van der Waals surface area contributed by atoms with Gasteiger partial charge in [0.25, 0.3) is 0 Å². The number of amides is 1. The largest absolute Gasteiger partial charge is 0.327 e. The lowest BCUT2D eigenvalue weighted by atomic mass is 9.94. The molecule has 0 spiro atoms. The molecule has 2 unspecified atom stereocenters. The summed E-state index contributed by atoms with van der Waals surface area (Å²) in [7, 11) is 0. The molecule has 0 bridgehead atoms. The Morgan fingerprint density at radius 3 is 2.89 bits per heavy atom. The van der Waals surface area contributed by atoms with Crippen molar-refractivity contribution >= 4 is 11.7 Å². The lowest BCUT2D eigenvalue weighted by Crippen LogP contribution is -2.38. The second-order valence-electron chi connectivity index (χ2n) is 5.65. The summed E-state index contributed by atoms with van der Waals surface area (Å²) < 4.78 is 1.82. The Kier molecular flexibility index (Phi) is 4.58. The zero-order valence-electron chi connectivity index (χ0n) is 11.8. The van der Waals surface area contributed by atoms with Crippen molar-refractivity contribution < 1.29 is 4.79 Å². The molecule has 0 radical (unpaired) electrons. The lowest BCUT2D eigenvalue weighted by molar-refractivity contribution is -0.120. The van der Waals surface area contributed by atoms with Crippen LogP contribution in [0, 0.1) is 5.92 Å². The highest BCUT2D eigenvalue weighted by Crippen LogP contribution is 2.24. The Morgan fingerprint density at radius 1 is 1.42 bits per heavy atom. The third-order valence-corrected chi connectivity index (χ3v) is 3.82. The fourth-order valence-electron chi connectivity index (χ4n) is 2.71. The average molecular weight is 264 g/mol. The second-order valence-corrected chi connectivity index (χ2v) is 5.65. The van der Waals surface area contributed by atoms with Crippen LogP contribution in [-0.4, -0.2) is 21.7 Å². The van der Waals surface area contributed by atoms with Crippen LogP contribution in [0.1, 0.15) is 52.0 Å². The van der Waals surface area contributed by atoms with E-state index in [1.54, 1.807) is 6.20 Å². The molecule has 1 aromatic rings. The van der Waals surface area contributed by atoms with E-state index in [1.165, 1.54) is 6.42 Å². The van der Waals surface area contributed by atoms with Crippen LogP contribution in [0.15, 0.2) is 12.3 Å². The van der Waals surface area contributed by atoms with E-state index in [-0.39, 0.29) is 23.9 Å². The number of nitrogens with zero attached hydrogens (tertiary/aromatic N) is 2. The molecule has 1 heterocycles. The van der Waals surface area contributed by atoms with Crippen LogP contribution < -0.4 is 11.1 Å². The first-order chi connectivity index (χ1) is 9.09. The molecule has 1 aliphatic carbocycles. The molecule has 19 heavy (non-hydrogen) atoms. The van der Waals surface area contributed by atoms with Crippen LogP contribution >= 0.6 is 0 Å². The molecule has 1 aromatic heterocycles. The topological polar surface area (TPSA) is 72.9 Å². The van der Waals surface area contributed by atoms with Gasteiger partial charge in [0.15, 0.2) is 0 Å². The van der Waals surface area contributed by atoms with Gasteiger partial charge in [-0.1, -0.05) is 19.3 Å². The lowest BCUT2D eigenvalue weighted by Gasteiger charge is -2.21. The molecule has 3 N–H and O–H groups in total. The Balaban J connectivity index is 2.05. The summed E-state index contributed by atoms with van der Waals surface area (Å²) in [4.78, 5) is 12.4. The monoisotopic (exact) mass is 264 g/mol. The van der Waals surface area contributed by atoms with Gasteiger partial charge in [-0.15, -0.1) is 0 Å². The highest BCUT2D eigenvalue weighted by atomic mass is 16.2. The minimum atomic E-state index is -0.0713. The highest BCUT2D eigenvalue weighted by Gasteiger charge is 2.27. The van der Waals surface area contributed by atoms with Crippen LogP contribution in [0.5, 0.6) is 0 Å². The van der Waals surface area contributed by atoms with E-state index in [4.69, 9.17) is 5.73 Å². The fourth-order valence-corrected chi connectivity index (χ4v) is 2.71. The van der Waals surface area contributed by atoms with Gasteiger partial charge in [-0.25, -0.2) is 4.68 Å². The second kappa shape index (κ2) is 6.19. The summed E-state index contributed by atoms with van der Waals surface area (Å²) in [6.07, 6.45) is 6.96. The normalized spacial score (nSPS) is 24.2. The van der Waals surface area contributed by atoms with Crippen LogP contribution in [-0.2, 0) is 4.79 Å². The highest BCUT2D eigenvalue weighted by molar-refractivity contribution is 5.92. The minimum Gasteiger partial charge on any atom is -0.327 e. The third kappa shape index (κ3) is 3.35. The molecule has 1 saturated carbocycles. The summed E-state index contributed by atoms with van der Waals surface area (Å²) in [6.45, 7) is 4.08. The van der Waals surface area contributed by atoms with Crippen molar-refractivity contribution in [3.8, 4) is 0 Å². The molecule has 5 nitrogen and oxygen atoms in total. The number of hydrogen-bond donors (Lipinski definition) is 2. The van der Waals surface area contributed by atoms with Gasteiger partial charge in [-0.3, -0.25) is 4.79 Å². The van der Waals surface area contributed by atoms with E-state index in [0.29, 0.717) is 0 Å². The minimum absolute atomic E-state index is 0.0158. The maximum absolute atomic E-state index is 12.4. The maximum atomic E-state index is 12.4. The predicted molar refractivity (Wildman–Crippen MR) is 75.8 cm³/mol. The molecule has 2 atom stereocenters. The van der Waals surface area contributed by atoms with E-state index in [2.05, 4.69) is 10.4 Å². The van der Waals surface area contributed by atoms with Crippen LogP contribution in [0.25, 0.3) is 0 Å². The molecule has 0 saturated heterocycles. The predicted octanol–water partition coefficient (Wildman–Crippen LogP) is 2.31. The van der Waals surface area contributed by atoms with Crippen molar-refractivity contribution in [1.29, 1.82) is 0 Å². The van der Waals surface area contributed by atoms with Crippen molar-refractivity contribution in [1.82, 2.24) is 9.78 Å². The van der Waals surface area contributed by atoms with Crippen molar-refractivity contribution in [2.24, 2.45) is 11.7 Å². The number of carbonyl (C=O) groups excluding carboxylic acids is 1. The summed E-state index contributed by atoms with van der Waals surface area (Å²) in [5, 5.41) is 7.20. The molecule has 2 rings (SSSR count). The van der Waals surface area contributed by atoms with Gasteiger partial charge >= 0.3 is 0 Å². The molecule has 1 aliphatic rings. The Bertz CT molecular complexity index is 427. The van der Waals surface area contributed by atoms with Gasteiger partial charge in [0.05, 0.1) is 12.1 Å². The number of nitrogens with two attached hydrogens (primary N) is 1. The Labute approximate surface area is 114 Å². The van der Waals surface area contributed by atoms with E-state index in [0.717, 1.165) is 31.5 Å². The first-order valence-electron chi connectivity index (χ1n) is 7.19. The van der Waals surface area contributed by atoms with Gasteiger partial charge in [0.2, 0.25) is 5.91 Å². The number of nitrogens with one attached hydrogen (secondary N) is 1. The van der Waals surface area contributed by atoms with E-state index in [9.17, 15) is 4.79 Å². The zero-order valence-corrected chi connectivity index (χ0v) is 11.8. The number of hydrogen-bond acceptors (Lipinski definition) is 3.